The molecule has 4 N–H and O–H groups in total. The molecule has 6 nitrogen and oxygen atoms in total. The number of hydrogen-bond donors (Lipinski definition) is 3. The van der Waals surface area contributed by atoms with Gasteiger partial charge < -0.3 is 10.8 Å². The number of nitrogens with two attached hydrogens (primary N) is 1. The van der Waals surface area contributed by atoms with Crippen LogP contribution in [0.1, 0.15) is 15.9 Å². The standard InChI is InChI=1S/C14H14N2O4S/c15-12-3-1-2-4-13(12)16-21(19,20)9-10-5-7-11(8-6-10)14(17)18/h1-8,16H,9,15H2,(H,17,18). The monoisotopic (exact) mass is 306 g/mol. The lowest BCUT2D eigenvalue weighted by Gasteiger charge is -2.10. The summed E-state index contributed by atoms with van der Waals surface area (Å²) in [5.74, 6) is -1.32. The van der Waals surface area contributed by atoms with E-state index in [1.165, 1.54) is 24.3 Å². The largest absolute Gasteiger partial charge is 0.478 e. The number of anilines is 2. The number of nitrogens with one attached hydrogen (secondary N) is 1. The molecule has 2 rings (SSSR count). The van der Waals surface area contributed by atoms with Crippen LogP contribution in [-0.4, -0.2) is 19.5 Å². The molecule has 0 aliphatic carbocycles. The quantitative estimate of drug-likeness (QED) is 0.731. The fourth-order valence-electron chi connectivity index (χ4n) is 1.76. The minimum Gasteiger partial charge on any atom is -0.478 e. The van der Waals surface area contributed by atoms with Crippen LogP contribution in [0, 0.1) is 0 Å². The lowest BCUT2D eigenvalue weighted by molar-refractivity contribution is 0.0697. The zero-order valence-corrected chi connectivity index (χ0v) is 11.8. The Morgan fingerprint density at radius 3 is 2.29 bits per heavy atom. The van der Waals surface area contributed by atoms with Gasteiger partial charge in [0.15, 0.2) is 0 Å². The SMILES string of the molecule is Nc1ccccc1NS(=O)(=O)Cc1ccc(C(=O)O)cc1. The minimum atomic E-state index is -3.62. The number of carboxylic acids is 1. The maximum absolute atomic E-state index is 12.1. The van der Waals surface area contributed by atoms with Gasteiger partial charge in [-0.3, -0.25) is 4.72 Å². The number of carbonyl (C=O) groups is 1. The Hall–Kier alpha value is -2.54. The van der Waals surface area contributed by atoms with Gasteiger partial charge in [-0.1, -0.05) is 24.3 Å². The molecule has 2 aromatic rings. The van der Waals surface area contributed by atoms with Crippen molar-refractivity contribution in [2.24, 2.45) is 0 Å². The van der Waals surface area contributed by atoms with Crippen LogP contribution in [0.25, 0.3) is 0 Å². The van der Waals surface area contributed by atoms with Crippen LogP contribution in [0.5, 0.6) is 0 Å². The molecule has 0 atom stereocenters. The second-order valence-corrected chi connectivity index (χ2v) is 6.17. The van der Waals surface area contributed by atoms with Gasteiger partial charge in [-0.05, 0) is 29.8 Å². The first-order chi connectivity index (χ1) is 9.87. The molecule has 0 fully saturated rings. The van der Waals surface area contributed by atoms with Gasteiger partial charge in [0.2, 0.25) is 10.0 Å². The summed E-state index contributed by atoms with van der Waals surface area (Å²) in [4.78, 5) is 10.7. The highest BCUT2D eigenvalue weighted by atomic mass is 32.2. The summed E-state index contributed by atoms with van der Waals surface area (Å²) in [5.41, 5.74) is 6.93. The van der Waals surface area contributed by atoms with Gasteiger partial charge in [0.25, 0.3) is 0 Å². The summed E-state index contributed by atoms with van der Waals surface area (Å²) in [6.07, 6.45) is 0. The van der Waals surface area contributed by atoms with Gasteiger partial charge in [-0.2, -0.15) is 0 Å². The third-order valence-electron chi connectivity index (χ3n) is 2.78. The van der Waals surface area contributed by atoms with Crippen molar-refractivity contribution < 1.29 is 18.3 Å². The Balaban J connectivity index is 2.14. The van der Waals surface area contributed by atoms with E-state index in [9.17, 15) is 13.2 Å². The third-order valence-corrected chi connectivity index (χ3v) is 4.03. The summed E-state index contributed by atoms with van der Waals surface area (Å²) in [6, 6.07) is 12.2. The fourth-order valence-corrected chi connectivity index (χ4v) is 2.98. The summed E-state index contributed by atoms with van der Waals surface area (Å²) in [6.45, 7) is 0. The van der Waals surface area contributed by atoms with Gasteiger partial charge in [0.1, 0.15) is 0 Å². The van der Waals surface area contributed by atoms with Gasteiger partial charge in [0.05, 0.1) is 22.7 Å². The van der Waals surface area contributed by atoms with Gasteiger partial charge in [-0.25, -0.2) is 13.2 Å². The molecule has 0 unspecified atom stereocenters. The van der Waals surface area contributed by atoms with Crippen molar-refractivity contribution in [1.29, 1.82) is 0 Å². The molecule has 0 aliphatic rings. The summed E-state index contributed by atoms with van der Waals surface area (Å²) >= 11 is 0. The van der Waals surface area contributed by atoms with Gasteiger partial charge >= 0.3 is 5.97 Å². The molecule has 0 saturated heterocycles. The smallest absolute Gasteiger partial charge is 0.335 e. The number of carboxylic acid groups (broad SMARTS) is 1. The van der Waals surface area contributed by atoms with Crippen LogP contribution in [0.2, 0.25) is 0 Å². The molecule has 0 aliphatic heterocycles. The first-order valence-corrected chi connectivity index (χ1v) is 7.70. The molecule has 0 spiro atoms. The van der Waals surface area contributed by atoms with Crippen LogP contribution in [0.15, 0.2) is 48.5 Å². The maximum Gasteiger partial charge on any atom is 0.335 e. The molecule has 0 aromatic heterocycles. The van der Waals surface area contributed by atoms with Crippen molar-refractivity contribution in [3.05, 3.63) is 59.7 Å². The zero-order valence-electron chi connectivity index (χ0n) is 11.0. The number of nitrogen functional groups attached to an aromatic ring is 1. The molecule has 0 amide bonds. The van der Waals surface area contributed by atoms with E-state index in [1.807, 2.05) is 0 Å². The minimum absolute atomic E-state index is 0.108. The highest BCUT2D eigenvalue weighted by Crippen LogP contribution is 2.19. The van der Waals surface area contributed by atoms with Crippen molar-refractivity contribution >= 4 is 27.4 Å². The molecule has 0 radical (unpaired) electrons. The average molecular weight is 306 g/mol. The summed E-state index contributed by atoms with van der Waals surface area (Å²) < 4.78 is 26.5. The first kappa shape index (κ1) is 14.9. The lowest BCUT2D eigenvalue weighted by atomic mass is 10.1. The lowest BCUT2D eigenvalue weighted by Crippen LogP contribution is -2.16. The average Bonchev–Trinajstić information content (AvgIpc) is 2.41. The van der Waals surface area contributed by atoms with E-state index < -0.39 is 16.0 Å². The maximum atomic E-state index is 12.1. The number of rotatable bonds is 5. The molecule has 110 valence electrons. The van der Waals surface area contributed by atoms with Gasteiger partial charge in [-0.15, -0.1) is 0 Å². The van der Waals surface area contributed by atoms with E-state index in [2.05, 4.69) is 4.72 Å². The Kier molecular flexibility index (Phi) is 4.13. The molecular weight excluding hydrogens is 292 g/mol. The molecule has 7 heteroatoms. The van der Waals surface area contributed by atoms with Crippen molar-refractivity contribution in [3.8, 4) is 0 Å². The Labute approximate surface area is 122 Å². The fraction of sp³-hybridized carbons (Fsp3) is 0.0714. The molecule has 2 aromatic carbocycles. The second-order valence-electron chi connectivity index (χ2n) is 4.45. The van der Waals surface area contributed by atoms with Crippen LogP contribution in [0.4, 0.5) is 11.4 Å². The molecular formula is C14H14N2O4S. The summed E-state index contributed by atoms with van der Waals surface area (Å²) in [7, 11) is -3.62. The first-order valence-electron chi connectivity index (χ1n) is 6.04. The van der Waals surface area contributed by atoms with Crippen molar-refractivity contribution in [1.82, 2.24) is 0 Å². The molecule has 0 bridgehead atoms. The van der Waals surface area contributed by atoms with E-state index in [1.54, 1.807) is 24.3 Å². The number of benzene rings is 2. The number of hydrogen-bond acceptors (Lipinski definition) is 4. The third kappa shape index (κ3) is 3.96. The topological polar surface area (TPSA) is 109 Å². The van der Waals surface area contributed by atoms with E-state index in [4.69, 9.17) is 10.8 Å². The van der Waals surface area contributed by atoms with Gasteiger partial charge in [0, 0.05) is 0 Å². The second kappa shape index (κ2) is 5.84. The van der Waals surface area contributed by atoms with Crippen molar-refractivity contribution in [2.45, 2.75) is 5.75 Å². The predicted octanol–water partition coefficient (Wildman–Crippen LogP) is 1.91. The van der Waals surface area contributed by atoms with Crippen molar-refractivity contribution in [2.75, 3.05) is 10.5 Å². The highest BCUT2D eigenvalue weighted by Gasteiger charge is 2.13. The number of aromatic carboxylic acids is 1. The number of sulfonamides is 1. The van der Waals surface area contributed by atoms with Crippen LogP contribution < -0.4 is 10.5 Å². The van der Waals surface area contributed by atoms with E-state index in [-0.39, 0.29) is 11.3 Å². The van der Waals surface area contributed by atoms with Crippen molar-refractivity contribution in [3.63, 3.8) is 0 Å². The Morgan fingerprint density at radius 2 is 1.71 bits per heavy atom. The predicted molar refractivity (Wildman–Crippen MR) is 80.5 cm³/mol. The Morgan fingerprint density at radius 1 is 1.10 bits per heavy atom. The van der Waals surface area contributed by atoms with Crippen LogP contribution in [-0.2, 0) is 15.8 Å². The van der Waals surface area contributed by atoms with E-state index in [0.29, 0.717) is 16.9 Å². The summed E-state index contributed by atoms with van der Waals surface area (Å²) in [5, 5.41) is 8.79. The normalized spacial score (nSPS) is 11.0. The van der Waals surface area contributed by atoms with E-state index in [0.717, 1.165) is 0 Å². The molecule has 0 saturated carbocycles. The van der Waals surface area contributed by atoms with Crippen LogP contribution in [0.3, 0.4) is 0 Å². The number of para-hydroxylation sites is 2. The van der Waals surface area contributed by atoms with E-state index >= 15 is 0 Å². The molecule has 21 heavy (non-hydrogen) atoms. The zero-order chi connectivity index (χ0) is 15.5. The van der Waals surface area contributed by atoms with Crippen LogP contribution >= 0.6 is 0 Å². The highest BCUT2D eigenvalue weighted by molar-refractivity contribution is 7.91. The molecule has 0 heterocycles. The Bertz CT molecular complexity index is 755.